The Labute approximate surface area is 404 Å². The number of rotatable bonds is 11. The minimum atomic E-state index is -1.10. The van der Waals surface area contributed by atoms with Gasteiger partial charge in [-0.05, 0) is 69.6 Å². The first-order chi connectivity index (χ1) is 32.4. The lowest BCUT2D eigenvalue weighted by Gasteiger charge is -2.35. The van der Waals surface area contributed by atoms with E-state index in [-0.39, 0.29) is 55.5 Å². The van der Waals surface area contributed by atoms with Crippen molar-refractivity contribution >= 4 is 57.8 Å². The van der Waals surface area contributed by atoms with Gasteiger partial charge in [-0.1, -0.05) is 40.7 Å². The summed E-state index contributed by atoms with van der Waals surface area (Å²) in [5.41, 5.74) is 15.4. The number of thiazole rings is 1. The molecule has 18 nitrogen and oxygen atoms in total. The van der Waals surface area contributed by atoms with Gasteiger partial charge in [-0.2, -0.15) is 5.43 Å². The highest BCUT2D eigenvalue weighted by Gasteiger charge is 2.42. The fourth-order valence-corrected chi connectivity index (χ4v) is 11.0. The maximum Gasteiger partial charge on any atom is 0.326 e. The zero-order valence-electron chi connectivity index (χ0n) is 41.5. The van der Waals surface area contributed by atoms with Crippen LogP contribution in [0.2, 0.25) is 0 Å². The summed E-state index contributed by atoms with van der Waals surface area (Å²) < 4.78 is 8.21. The van der Waals surface area contributed by atoms with E-state index in [9.17, 15) is 24.1 Å². The van der Waals surface area contributed by atoms with Crippen LogP contribution in [0.4, 0.5) is 4.79 Å². The molecule has 0 spiro atoms. The number of carbonyl (C=O) groups excluding carboxylic acids is 4. The van der Waals surface area contributed by atoms with Crippen LogP contribution < -0.4 is 16.5 Å². The van der Waals surface area contributed by atoms with Crippen molar-refractivity contribution in [2.75, 3.05) is 54.0 Å². The number of aliphatic imine (C=N–C) groups is 1. The van der Waals surface area contributed by atoms with Crippen molar-refractivity contribution in [1.82, 2.24) is 40.0 Å². The number of carbonyl (C=O) groups is 4. The van der Waals surface area contributed by atoms with E-state index in [0.717, 1.165) is 64.1 Å². The average Bonchev–Trinajstić information content (AvgIpc) is 4.09. The van der Waals surface area contributed by atoms with E-state index in [1.807, 2.05) is 32.4 Å². The van der Waals surface area contributed by atoms with Crippen molar-refractivity contribution in [3.63, 3.8) is 0 Å². The smallest absolute Gasteiger partial charge is 0.326 e. The molecule has 3 aromatic rings. The molecule has 4 aliphatic heterocycles. The SMILES string of the molecule is CCn1c(C2=C([C@H](C)OC)N=CCC2)c2c3cc(ccc31)-c1csc(n1)C[C@H](NC(=O)[C@H](C(C)C)N(C)C(=O)N1CC[C@H](N(C)C(=O)[C@H](C)CN)C1)C(=O)N1CCC[C@H](N1)[N+](=O)OCC(C)(C)C2. The molecule has 370 valence electrons. The normalized spacial score (nSPS) is 22.5. The van der Waals surface area contributed by atoms with Crippen molar-refractivity contribution in [3.8, 4) is 11.3 Å². The van der Waals surface area contributed by atoms with Crippen LogP contribution in [-0.4, -0.2) is 149 Å². The van der Waals surface area contributed by atoms with E-state index in [1.54, 1.807) is 37.9 Å². The molecule has 2 fully saturated rings. The third-order valence-electron chi connectivity index (χ3n) is 14.1. The van der Waals surface area contributed by atoms with Crippen LogP contribution in [0.25, 0.3) is 27.7 Å². The summed E-state index contributed by atoms with van der Waals surface area (Å²) in [6, 6.07) is 3.86. The standard InChI is InChI=1S/C49H71N11O7S/c1-11-58-39-17-16-32-22-35(39)36(44(58)34-14-12-19-51-42(34)31(5)66-10)24-49(6,7)28-67-60(65)40-15-13-20-59(54-40)47(63)37(23-41-52-38(32)27-68-41)53-45(61)43(29(2)3)56(9)48(64)57-21-18-33(26-57)55(8)46(62)30(4)25-50/h16-17,19,22,27,29-31,33,37,40,43,54H,11-15,18,20-21,23-26,28,50H2,1-10H3/p+1/t30-,31+,33+,37+,40-,43+/m1/s1. The number of aryl methyl sites for hydroxylation is 1. The average molecular weight is 959 g/mol. The highest BCUT2D eigenvalue weighted by Crippen LogP contribution is 2.42. The predicted molar refractivity (Wildman–Crippen MR) is 263 cm³/mol. The summed E-state index contributed by atoms with van der Waals surface area (Å²) in [4.78, 5) is 91.5. The molecule has 4 aliphatic rings. The van der Waals surface area contributed by atoms with Gasteiger partial charge in [-0.25, -0.2) is 14.6 Å². The first-order valence-corrected chi connectivity index (χ1v) is 25.1. The number of fused-ring (bicyclic) bond motifs is 6. The van der Waals surface area contributed by atoms with E-state index in [4.69, 9.17) is 25.3 Å². The maximum atomic E-state index is 14.7. The van der Waals surface area contributed by atoms with Crippen molar-refractivity contribution in [1.29, 1.82) is 0 Å². The molecule has 2 saturated heterocycles. The monoisotopic (exact) mass is 959 g/mol. The molecule has 0 radical (unpaired) electrons. The highest BCUT2D eigenvalue weighted by molar-refractivity contribution is 7.10. The number of methoxy groups -OCH3 is 1. The number of hydrogen-bond donors (Lipinski definition) is 3. The van der Waals surface area contributed by atoms with Crippen molar-refractivity contribution < 1.29 is 33.7 Å². The van der Waals surface area contributed by atoms with Gasteiger partial charge < -0.3 is 35.1 Å². The molecular formula is C49H72N11O7S+. The van der Waals surface area contributed by atoms with Crippen molar-refractivity contribution in [3.05, 3.63) is 50.4 Å². The van der Waals surface area contributed by atoms with Crippen LogP contribution in [-0.2, 0) is 43.3 Å². The minimum absolute atomic E-state index is 0.0702. The number of nitrogens with zero attached hydrogens (tertiary/aromatic N) is 8. The predicted octanol–water partition coefficient (Wildman–Crippen LogP) is 5.37. The number of amides is 5. The number of aromatic nitrogens is 2. The highest BCUT2D eigenvalue weighted by atomic mass is 32.1. The first kappa shape index (κ1) is 50.6. The fraction of sp³-hybridized carbons (Fsp3) is 0.633. The Morgan fingerprint density at radius 2 is 1.91 bits per heavy atom. The van der Waals surface area contributed by atoms with Crippen LogP contribution in [0, 0.1) is 22.2 Å². The number of hydrogen-bond acceptors (Lipinski definition) is 12. The molecule has 1 aromatic carbocycles. The van der Waals surface area contributed by atoms with E-state index in [0.29, 0.717) is 55.2 Å². The fourth-order valence-electron chi connectivity index (χ4n) is 10.1. The van der Waals surface area contributed by atoms with Gasteiger partial charge in [0.05, 0.1) is 39.1 Å². The summed E-state index contributed by atoms with van der Waals surface area (Å²) in [5, 5.41) is 8.13. The number of nitrogens with one attached hydrogen (secondary N) is 2. The Bertz CT molecular complexity index is 2440. The van der Waals surface area contributed by atoms with Crippen molar-refractivity contribution in [2.45, 2.75) is 130 Å². The molecule has 5 amide bonds. The summed E-state index contributed by atoms with van der Waals surface area (Å²) in [7, 11) is 5.05. The summed E-state index contributed by atoms with van der Waals surface area (Å²) >= 11 is 1.41. The summed E-state index contributed by atoms with van der Waals surface area (Å²) in [5.74, 6) is -1.66. The second-order valence-electron chi connectivity index (χ2n) is 20.0. The number of nitrogens with two attached hydrogens (primary N) is 1. The Hall–Kier alpha value is -5.24. The molecule has 4 N–H and O–H groups in total. The first-order valence-electron chi connectivity index (χ1n) is 24.2. The van der Waals surface area contributed by atoms with Crippen LogP contribution in [0.1, 0.15) is 96.8 Å². The van der Waals surface area contributed by atoms with Gasteiger partial charge in [0.25, 0.3) is 5.91 Å². The van der Waals surface area contributed by atoms with Gasteiger partial charge in [0, 0.05) is 112 Å². The van der Waals surface area contributed by atoms with Crippen LogP contribution in [0.5, 0.6) is 0 Å². The van der Waals surface area contributed by atoms with Crippen LogP contribution in [0.3, 0.4) is 0 Å². The number of ether oxygens (including phenoxy) is 1. The lowest BCUT2D eigenvalue weighted by Crippen LogP contribution is -2.62. The third kappa shape index (κ3) is 10.5. The van der Waals surface area contributed by atoms with Crippen LogP contribution in [0.15, 0.2) is 34.3 Å². The Kier molecular flexibility index (Phi) is 15.8. The zero-order chi connectivity index (χ0) is 49.2. The second kappa shape index (κ2) is 21.2. The minimum Gasteiger partial charge on any atom is -0.375 e. The van der Waals surface area contributed by atoms with E-state index in [1.165, 1.54) is 21.2 Å². The number of benzene rings is 1. The van der Waals surface area contributed by atoms with Gasteiger partial charge in [0.15, 0.2) is 6.61 Å². The zero-order valence-corrected chi connectivity index (χ0v) is 42.4. The largest absolute Gasteiger partial charge is 0.375 e. The lowest BCUT2D eigenvalue weighted by molar-refractivity contribution is -0.835. The van der Waals surface area contributed by atoms with E-state index >= 15 is 0 Å². The maximum absolute atomic E-state index is 14.7. The molecule has 2 aromatic heterocycles. The van der Waals surface area contributed by atoms with Crippen molar-refractivity contribution in [2.24, 2.45) is 28.0 Å². The molecule has 0 aliphatic carbocycles. The van der Waals surface area contributed by atoms with E-state index in [2.05, 4.69) is 54.3 Å². The van der Waals surface area contributed by atoms with E-state index < -0.39 is 35.5 Å². The Morgan fingerprint density at radius 1 is 1.15 bits per heavy atom. The number of likely N-dealkylation sites (N-methyl/N-ethyl adjacent to an activating group) is 2. The molecule has 6 heterocycles. The molecule has 68 heavy (non-hydrogen) atoms. The lowest BCUT2D eigenvalue weighted by atomic mass is 9.83. The Balaban J connectivity index is 1.23. The molecule has 7 rings (SSSR count). The van der Waals surface area contributed by atoms with Gasteiger partial charge in [0.2, 0.25) is 16.7 Å². The number of likely N-dealkylation sites (tertiary alicyclic amines) is 1. The number of allylic oxidation sites excluding steroid dienone is 1. The van der Waals surface area contributed by atoms with Gasteiger partial charge in [-0.15, -0.1) is 11.3 Å². The molecule has 0 saturated carbocycles. The molecule has 6 bridgehead atoms. The summed E-state index contributed by atoms with van der Waals surface area (Å²) in [6.45, 7) is 16.0. The second-order valence-corrected chi connectivity index (χ2v) is 21.0. The topological polar surface area (TPSA) is 200 Å². The van der Waals surface area contributed by atoms with Gasteiger partial charge >= 0.3 is 12.2 Å². The number of urea groups is 1. The molecular weight excluding hydrogens is 887 g/mol. The third-order valence-corrected chi connectivity index (χ3v) is 14.9. The number of hydrazine groups is 1. The van der Waals surface area contributed by atoms with Gasteiger partial charge in [-0.3, -0.25) is 24.4 Å². The molecule has 19 heteroatoms. The van der Waals surface area contributed by atoms with Gasteiger partial charge in [0.1, 0.15) is 12.1 Å². The quantitative estimate of drug-likeness (QED) is 0.225. The van der Waals surface area contributed by atoms with Crippen LogP contribution >= 0.6 is 11.3 Å². The Morgan fingerprint density at radius 3 is 2.62 bits per heavy atom. The summed E-state index contributed by atoms with van der Waals surface area (Å²) in [6.07, 6.45) is 4.73. The molecule has 6 atom stereocenters. The molecule has 0 unspecified atom stereocenters.